The number of hydrogen-bond acceptors (Lipinski definition) is 4. The van der Waals surface area contributed by atoms with Crippen LogP contribution in [0.5, 0.6) is 0 Å². The summed E-state index contributed by atoms with van der Waals surface area (Å²) in [6.07, 6.45) is 0. The molecule has 0 bridgehead atoms. The Bertz CT molecular complexity index is 1070. The van der Waals surface area contributed by atoms with Crippen molar-refractivity contribution in [2.24, 2.45) is 0 Å². The van der Waals surface area contributed by atoms with Crippen LogP contribution in [0.3, 0.4) is 0 Å². The molecule has 0 unspecified atom stereocenters. The molecule has 0 saturated heterocycles. The predicted molar refractivity (Wildman–Crippen MR) is 110 cm³/mol. The lowest BCUT2D eigenvalue weighted by molar-refractivity contribution is -0.113. The summed E-state index contributed by atoms with van der Waals surface area (Å²) in [6, 6.07) is 23.3. The molecule has 1 amide bonds. The van der Waals surface area contributed by atoms with E-state index >= 15 is 0 Å². The molecule has 0 atom stereocenters. The van der Waals surface area contributed by atoms with Crippen LogP contribution in [0.25, 0.3) is 22.6 Å². The highest BCUT2D eigenvalue weighted by Gasteiger charge is 2.09. The van der Waals surface area contributed by atoms with Gasteiger partial charge in [-0.2, -0.15) is 0 Å². The maximum absolute atomic E-state index is 12.1. The number of carbonyl (C=O) groups excluding carboxylic acids is 1. The van der Waals surface area contributed by atoms with Crippen molar-refractivity contribution in [1.29, 1.82) is 0 Å². The third-order valence-corrected chi connectivity index (χ3v) is 5.08. The number of rotatable bonds is 5. The summed E-state index contributed by atoms with van der Waals surface area (Å²) in [5, 5.41) is 2.91. The van der Waals surface area contributed by atoms with Gasteiger partial charge in [0.25, 0.3) is 0 Å². The number of nitrogens with zero attached hydrogens (tertiary/aromatic N) is 1. The Kier molecular flexibility index (Phi) is 4.94. The van der Waals surface area contributed by atoms with Gasteiger partial charge in [0.2, 0.25) is 11.8 Å². The topological polar surface area (TPSA) is 55.1 Å². The van der Waals surface area contributed by atoms with Gasteiger partial charge in [-0.25, -0.2) is 4.98 Å². The number of aryl methyl sites for hydroxylation is 1. The Hall–Kier alpha value is -3.05. The highest BCUT2D eigenvalue weighted by atomic mass is 32.2. The van der Waals surface area contributed by atoms with Crippen molar-refractivity contribution in [3.8, 4) is 11.5 Å². The lowest BCUT2D eigenvalue weighted by atomic mass is 10.2. The molecule has 0 aliphatic carbocycles. The quantitative estimate of drug-likeness (QED) is 0.466. The van der Waals surface area contributed by atoms with E-state index in [0.29, 0.717) is 11.6 Å². The fourth-order valence-corrected chi connectivity index (χ4v) is 3.44. The van der Waals surface area contributed by atoms with Crippen molar-refractivity contribution in [2.75, 3.05) is 11.1 Å². The first-order valence-corrected chi connectivity index (χ1v) is 9.61. The standard InChI is InChI=1S/C22H18N2O2S/c1-15-7-12-20-19(13-15)24-22(26-20)16-8-10-17(11-9-16)23-21(25)14-27-18-5-3-2-4-6-18/h2-13H,14H2,1H3,(H,23,25). The largest absolute Gasteiger partial charge is 0.436 e. The van der Waals surface area contributed by atoms with E-state index in [-0.39, 0.29) is 5.91 Å². The van der Waals surface area contributed by atoms with Crippen LogP contribution in [0.4, 0.5) is 5.69 Å². The van der Waals surface area contributed by atoms with Crippen LogP contribution in [0.2, 0.25) is 0 Å². The number of benzene rings is 3. The average Bonchev–Trinajstić information content (AvgIpc) is 3.11. The van der Waals surface area contributed by atoms with Crippen LogP contribution >= 0.6 is 11.8 Å². The van der Waals surface area contributed by atoms with E-state index in [1.165, 1.54) is 11.8 Å². The Morgan fingerprint density at radius 3 is 2.59 bits per heavy atom. The molecule has 1 aromatic heterocycles. The summed E-state index contributed by atoms with van der Waals surface area (Å²) in [7, 11) is 0. The van der Waals surface area contributed by atoms with Gasteiger partial charge < -0.3 is 9.73 Å². The van der Waals surface area contributed by atoms with Gasteiger partial charge >= 0.3 is 0 Å². The number of hydrogen-bond donors (Lipinski definition) is 1. The van der Waals surface area contributed by atoms with Gasteiger partial charge in [-0.15, -0.1) is 11.8 Å². The van der Waals surface area contributed by atoms with Gasteiger partial charge in [0.15, 0.2) is 5.58 Å². The van der Waals surface area contributed by atoms with E-state index in [4.69, 9.17) is 4.42 Å². The van der Waals surface area contributed by atoms with Gasteiger partial charge in [0.05, 0.1) is 5.75 Å². The fourth-order valence-electron chi connectivity index (χ4n) is 2.72. The maximum atomic E-state index is 12.1. The van der Waals surface area contributed by atoms with Crippen LogP contribution in [0.1, 0.15) is 5.56 Å². The van der Waals surface area contributed by atoms with Crippen LogP contribution in [-0.2, 0) is 4.79 Å². The second-order valence-corrected chi connectivity index (χ2v) is 7.27. The molecule has 27 heavy (non-hydrogen) atoms. The fraction of sp³-hybridized carbons (Fsp3) is 0.0909. The van der Waals surface area contributed by atoms with Crippen molar-refractivity contribution < 1.29 is 9.21 Å². The zero-order valence-electron chi connectivity index (χ0n) is 14.8. The molecule has 5 heteroatoms. The minimum Gasteiger partial charge on any atom is -0.436 e. The number of carbonyl (C=O) groups is 1. The molecular formula is C22H18N2O2S. The van der Waals surface area contributed by atoms with Gasteiger partial charge in [-0.3, -0.25) is 4.79 Å². The first-order valence-electron chi connectivity index (χ1n) is 8.63. The van der Waals surface area contributed by atoms with Crippen molar-refractivity contribution in [1.82, 2.24) is 4.98 Å². The van der Waals surface area contributed by atoms with Crippen LogP contribution < -0.4 is 5.32 Å². The van der Waals surface area contributed by atoms with E-state index in [2.05, 4.69) is 10.3 Å². The van der Waals surface area contributed by atoms with Gasteiger partial charge in [-0.1, -0.05) is 24.3 Å². The van der Waals surface area contributed by atoms with Gasteiger partial charge in [0, 0.05) is 16.1 Å². The maximum Gasteiger partial charge on any atom is 0.234 e. The molecule has 1 heterocycles. The molecule has 4 rings (SSSR count). The summed E-state index contributed by atoms with van der Waals surface area (Å²) in [5.74, 6) is 0.915. The van der Waals surface area contributed by atoms with Crippen molar-refractivity contribution in [3.63, 3.8) is 0 Å². The second kappa shape index (κ2) is 7.68. The van der Waals surface area contributed by atoms with E-state index in [1.807, 2.05) is 79.7 Å². The molecule has 0 fully saturated rings. The highest BCUT2D eigenvalue weighted by Crippen LogP contribution is 2.26. The number of fused-ring (bicyclic) bond motifs is 1. The molecule has 0 saturated carbocycles. The molecular weight excluding hydrogens is 356 g/mol. The molecule has 0 aliphatic rings. The van der Waals surface area contributed by atoms with Crippen molar-refractivity contribution in [3.05, 3.63) is 78.4 Å². The zero-order chi connectivity index (χ0) is 18.6. The lowest BCUT2D eigenvalue weighted by Crippen LogP contribution is -2.13. The first-order chi connectivity index (χ1) is 13.2. The summed E-state index contributed by atoms with van der Waals surface area (Å²) >= 11 is 1.51. The van der Waals surface area contributed by atoms with E-state index in [9.17, 15) is 4.79 Å². The molecule has 134 valence electrons. The average molecular weight is 374 g/mol. The lowest BCUT2D eigenvalue weighted by Gasteiger charge is -2.05. The zero-order valence-corrected chi connectivity index (χ0v) is 15.6. The Balaban J connectivity index is 1.41. The second-order valence-electron chi connectivity index (χ2n) is 6.22. The SMILES string of the molecule is Cc1ccc2oc(-c3ccc(NC(=O)CSc4ccccc4)cc3)nc2c1. The summed E-state index contributed by atoms with van der Waals surface area (Å²) in [4.78, 5) is 17.7. The first kappa shape index (κ1) is 17.4. The van der Waals surface area contributed by atoms with Crippen LogP contribution in [-0.4, -0.2) is 16.6 Å². The van der Waals surface area contributed by atoms with Crippen molar-refractivity contribution in [2.45, 2.75) is 11.8 Å². The number of thioether (sulfide) groups is 1. The van der Waals surface area contributed by atoms with Crippen LogP contribution in [0.15, 0.2) is 82.1 Å². The highest BCUT2D eigenvalue weighted by molar-refractivity contribution is 8.00. The number of oxazole rings is 1. The van der Waals surface area contributed by atoms with Crippen molar-refractivity contribution >= 4 is 34.5 Å². The third-order valence-electron chi connectivity index (χ3n) is 4.07. The Morgan fingerprint density at radius 2 is 1.81 bits per heavy atom. The van der Waals surface area contributed by atoms with E-state index in [1.54, 1.807) is 0 Å². The monoisotopic (exact) mass is 374 g/mol. The predicted octanol–water partition coefficient (Wildman–Crippen LogP) is 5.53. The molecule has 4 aromatic rings. The van der Waals surface area contributed by atoms with E-state index < -0.39 is 0 Å². The number of anilines is 1. The third kappa shape index (κ3) is 4.20. The molecule has 0 aliphatic heterocycles. The Morgan fingerprint density at radius 1 is 1.04 bits per heavy atom. The van der Waals surface area contributed by atoms with Crippen LogP contribution in [0, 0.1) is 6.92 Å². The normalized spacial score (nSPS) is 10.9. The molecule has 4 nitrogen and oxygen atoms in total. The summed E-state index contributed by atoms with van der Waals surface area (Å²) in [6.45, 7) is 2.03. The molecule has 0 radical (unpaired) electrons. The van der Waals surface area contributed by atoms with Gasteiger partial charge in [-0.05, 0) is 61.0 Å². The molecule has 1 N–H and O–H groups in total. The number of amides is 1. The minimum absolute atomic E-state index is 0.0334. The molecule has 0 spiro atoms. The summed E-state index contributed by atoms with van der Waals surface area (Å²) in [5.41, 5.74) is 4.39. The number of nitrogens with one attached hydrogen (secondary N) is 1. The molecule has 3 aromatic carbocycles. The van der Waals surface area contributed by atoms with E-state index in [0.717, 1.165) is 32.8 Å². The van der Waals surface area contributed by atoms with Gasteiger partial charge in [0.1, 0.15) is 5.52 Å². The smallest absolute Gasteiger partial charge is 0.234 e. The number of aromatic nitrogens is 1. The minimum atomic E-state index is -0.0334. The summed E-state index contributed by atoms with van der Waals surface area (Å²) < 4.78 is 5.82. The Labute approximate surface area is 161 Å².